The van der Waals surface area contributed by atoms with Crippen molar-refractivity contribution in [2.45, 2.75) is 17.4 Å². The number of benzene rings is 2. The number of rotatable bonds is 6. The van der Waals surface area contributed by atoms with Gasteiger partial charge in [-0.2, -0.15) is 0 Å². The smallest absolute Gasteiger partial charge is 0.410 e. The molecule has 194 valence electrons. The summed E-state index contributed by atoms with van der Waals surface area (Å²) in [4.78, 5) is 33.9. The van der Waals surface area contributed by atoms with E-state index < -0.39 is 11.0 Å². The van der Waals surface area contributed by atoms with Crippen LogP contribution in [0.5, 0.6) is 5.75 Å². The fraction of sp³-hybridized carbons (Fsp3) is 0.346. The SMILES string of the molecule is COc1cc(NS(=O)c2cccc3cccnc23)ccc1C(=O)N1CCN(C(=O)OC2CCOC2)CC1. The van der Waals surface area contributed by atoms with Gasteiger partial charge in [0.2, 0.25) is 0 Å². The van der Waals surface area contributed by atoms with Crippen molar-refractivity contribution < 1.29 is 28.0 Å². The number of aromatic nitrogens is 1. The van der Waals surface area contributed by atoms with Gasteiger partial charge in [0.15, 0.2) is 11.0 Å². The molecule has 1 N–H and O–H groups in total. The van der Waals surface area contributed by atoms with Crippen molar-refractivity contribution in [2.75, 3.05) is 51.2 Å². The van der Waals surface area contributed by atoms with E-state index in [1.807, 2.05) is 24.3 Å². The number of fused-ring (bicyclic) bond motifs is 1. The summed E-state index contributed by atoms with van der Waals surface area (Å²) >= 11 is 0. The van der Waals surface area contributed by atoms with Crippen LogP contribution in [0.15, 0.2) is 59.6 Å². The molecule has 0 saturated carbocycles. The van der Waals surface area contributed by atoms with Crippen LogP contribution in [0.3, 0.4) is 0 Å². The molecule has 2 amide bonds. The molecule has 10 nitrogen and oxygen atoms in total. The minimum atomic E-state index is -1.57. The minimum Gasteiger partial charge on any atom is -0.496 e. The number of carbonyl (C=O) groups excluding carboxylic acids is 2. The highest BCUT2D eigenvalue weighted by molar-refractivity contribution is 7.86. The third-order valence-electron chi connectivity index (χ3n) is 6.42. The molecule has 2 saturated heterocycles. The van der Waals surface area contributed by atoms with Crippen LogP contribution in [-0.4, -0.2) is 83.6 Å². The van der Waals surface area contributed by atoms with E-state index in [9.17, 15) is 13.8 Å². The molecule has 3 aromatic rings. The standard InChI is InChI=1S/C26H28N4O6S/c1-34-22-16-19(28-37(33)23-6-2-4-18-5-3-10-27-24(18)23)7-8-21(22)25(31)29-11-13-30(14-12-29)26(32)36-20-9-15-35-17-20/h2-8,10,16,20,28H,9,11-15,17H2,1H3. The number of para-hydroxylation sites is 1. The monoisotopic (exact) mass is 524 g/mol. The quantitative estimate of drug-likeness (QED) is 0.528. The lowest BCUT2D eigenvalue weighted by Crippen LogP contribution is -2.51. The Hall–Kier alpha value is -3.70. The lowest BCUT2D eigenvalue weighted by atomic mass is 10.1. The van der Waals surface area contributed by atoms with Gasteiger partial charge in [-0.15, -0.1) is 0 Å². The van der Waals surface area contributed by atoms with E-state index >= 15 is 0 Å². The minimum absolute atomic E-state index is 0.194. The number of ether oxygens (including phenoxy) is 3. The lowest BCUT2D eigenvalue weighted by Gasteiger charge is -2.34. The predicted octanol–water partition coefficient (Wildman–Crippen LogP) is 3.06. The fourth-order valence-electron chi connectivity index (χ4n) is 4.40. The third-order valence-corrected chi connectivity index (χ3v) is 7.57. The van der Waals surface area contributed by atoms with Crippen molar-refractivity contribution in [2.24, 2.45) is 0 Å². The Labute approximate surface area is 217 Å². The van der Waals surface area contributed by atoms with Crippen molar-refractivity contribution in [1.29, 1.82) is 0 Å². The topological polar surface area (TPSA) is 110 Å². The maximum absolute atomic E-state index is 13.2. The molecular formula is C26H28N4O6S. The van der Waals surface area contributed by atoms with E-state index in [1.54, 1.807) is 40.3 Å². The second kappa shape index (κ2) is 11.1. The highest BCUT2D eigenvalue weighted by atomic mass is 32.2. The van der Waals surface area contributed by atoms with Gasteiger partial charge in [0, 0.05) is 50.2 Å². The normalized spacial score (nSPS) is 18.5. The van der Waals surface area contributed by atoms with Gasteiger partial charge in [-0.1, -0.05) is 18.2 Å². The predicted molar refractivity (Wildman–Crippen MR) is 138 cm³/mol. The van der Waals surface area contributed by atoms with Gasteiger partial charge in [0.05, 0.1) is 42.0 Å². The molecule has 1 aromatic heterocycles. The first kappa shape index (κ1) is 25.0. The van der Waals surface area contributed by atoms with Crippen LogP contribution < -0.4 is 9.46 Å². The molecule has 2 aliphatic heterocycles. The highest BCUT2D eigenvalue weighted by Crippen LogP contribution is 2.27. The Bertz CT molecular complexity index is 1320. The molecule has 0 radical (unpaired) electrons. The van der Waals surface area contributed by atoms with Crippen molar-refractivity contribution in [3.63, 3.8) is 0 Å². The maximum atomic E-state index is 13.2. The van der Waals surface area contributed by atoms with Gasteiger partial charge < -0.3 is 28.7 Å². The summed E-state index contributed by atoms with van der Waals surface area (Å²) < 4.78 is 32.3. The second-order valence-electron chi connectivity index (χ2n) is 8.77. The molecule has 0 spiro atoms. The average Bonchev–Trinajstić information content (AvgIpc) is 3.45. The maximum Gasteiger partial charge on any atom is 0.410 e. The Kier molecular flexibility index (Phi) is 7.52. The summed E-state index contributed by atoms with van der Waals surface area (Å²) in [6.07, 6.45) is 1.81. The number of hydrogen-bond donors (Lipinski definition) is 1. The zero-order chi connectivity index (χ0) is 25.8. The van der Waals surface area contributed by atoms with Gasteiger partial charge in [-0.05, 0) is 24.3 Å². The summed E-state index contributed by atoms with van der Waals surface area (Å²) in [6.45, 7) is 2.58. The van der Waals surface area contributed by atoms with Crippen molar-refractivity contribution >= 4 is 39.6 Å². The van der Waals surface area contributed by atoms with E-state index in [2.05, 4.69) is 9.71 Å². The van der Waals surface area contributed by atoms with E-state index in [0.717, 1.165) is 5.39 Å². The molecule has 3 heterocycles. The molecular weight excluding hydrogens is 496 g/mol. The first-order valence-electron chi connectivity index (χ1n) is 12.1. The summed E-state index contributed by atoms with van der Waals surface area (Å²) in [5.74, 6) is 0.172. The van der Waals surface area contributed by atoms with Gasteiger partial charge in [-0.25, -0.2) is 9.00 Å². The second-order valence-corrected chi connectivity index (χ2v) is 9.95. The molecule has 2 aromatic carbocycles. The fourth-order valence-corrected chi connectivity index (χ4v) is 5.40. The number of amides is 2. The first-order valence-corrected chi connectivity index (χ1v) is 13.2. The van der Waals surface area contributed by atoms with Crippen LogP contribution in [0.2, 0.25) is 0 Å². The lowest BCUT2D eigenvalue weighted by molar-refractivity contribution is 0.0369. The molecule has 2 atom stereocenters. The van der Waals surface area contributed by atoms with Crippen LogP contribution >= 0.6 is 0 Å². The zero-order valence-electron chi connectivity index (χ0n) is 20.4. The van der Waals surface area contributed by atoms with Gasteiger partial charge in [0.1, 0.15) is 11.9 Å². The Morgan fingerprint density at radius 3 is 2.62 bits per heavy atom. The number of methoxy groups -OCH3 is 1. The van der Waals surface area contributed by atoms with Crippen molar-refractivity contribution in [1.82, 2.24) is 14.8 Å². The summed E-state index contributed by atoms with van der Waals surface area (Å²) in [6, 6.07) is 14.3. The van der Waals surface area contributed by atoms with E-state index in [4.69, 9.17) is 14.2 Å². The molecule has 2 aliphatic rings. The van der Waals surface area contributed by atoms with Crippen LogP contribution in [0, 0.1) is 0 Å². The van der Waals surface area contributed by atoms with Crippen molar-refractivity contribution in [3.05, 3.63) is 60.3 Å². The first-order chi connectivity index (χ1) is 18.0. The highest BCUT2D eigenvalue weighted by Gasteiger charge is 2.29. The number of carbonyl (C=O) groups is 2. The zero-order valence-corrected chi connectivity index (χ0v) is 21.2. The largest absolute Gasteiger partial charge is 0.496 e. The number of hydrogen-bond acceptors (Lipinski definition) is 7. The number of anilines is 1. The summed E-state index contributed by atoms with van der Waals surface area (Å²) in [5, 5.41) is 0.898. The summed E-state index contributed by atoms with van der Waals surface area (Å²) in [5.41, 5.74) is 1.60. The Balaban J connectivity index is 1.23. The molecule has 5 rings (SSSR count). The third kappa shape index (κ3) is 5.52. The van der Waals surface area contributed by atoms with Crippen LogP contribution in [0.1, 0.15) is 16.8 Å². The average molecular weight is 525 g/mol. The van der Waals surface area contributed by atoms with E-state index in [1.165, 1.54) is 7.11 Å². The Morgan fingerprint density at radius 2 is 1.86 bits per heavy atom. The van der Waals surface area contributed by atoms with Gasteiger partial charge >= 0.3 is 6.09 Å². The number of nitrogens with one attached hydrogen (secondary N) is 1. The van der Waals surface area contributed by atoms with Crippen LogP contribution in [0.25, 0.3) is 10.9 Å². The number of pyridine rings is 1. The molecule has 11 heteroatoms. The molecule has 37 heavy (non-hydrogen) atoms. The van der Waals surface area contributed by atoms with E-state index in [0.29, 0.717) is 73.2 Å². The van der Waals surface area contributed by atoms with Crippen LogP contribution in [0.4, 0.5) is 10.5 Å². The number of nitrogens with zero attached hydrogens (tertiary/aromatic N) is 3. The van der Waals surface area contributed by atoms with E-state index in [-0.39, 0.29) is 18.1 Å². The van der Waals surface area contributed by atoms with Crippen LogP contribution in [-0.2, 0) is 20.5 Å². The Morgan fingerprint density at radius 1 is 1.08 bits per heavy atom. The van der Waals surface area contributed by atoms with Crippen molar-refractivity contribution in [3.8, 4) is 5.75 Å². The molecule has 0 aliphatic carbocycles. The molecule has 0 bridgehead atoms. The van der Waals surface area contributed by atoms with Gasteiger partial charge in [-0.3, -0.25) is 9.78 Å². The summed E-state index contributed by atoms with van der Waals surface area (Å²) in [7, 11) is -0.0839. The number of piperazine rings is 1. The molecule has 2 fully saturated rings. The molecule has 2 unspecified atom stereocenters. The van der Waals surface area contributed by atoms with Gasteiger partial charge in [0.25, 0.3) is 5.91 Å².